The van der Waals surface area contributed by atoms with Crippen LogP contribution in [0.15, 0.2) is 24.5 Å². The van der Waals surface area contributed by atoms with Gasteiger partial charge in [-0.2, -0.15) is 0 Å². The first kappa shape index (κ1) is 11.9. The second kappa shape index (κ2) is 5.14. The number of amides is 1. The molecule has 2 N–H and O–H groups in total. The van der Waals surface area contributed by atoms with Crippen LogP contribution in [0.25, 0.3) is 0 Å². The number of aromatic nitrogens is 1. The van der Waals surface area contributed by atoms with E-state index in [1.54, 1.807) is 19.3 Å². The van der Waals surface area contributed by atoms with Crippen molar-refractivity contribution >= 4 is 11.6 Å². The molecule has 1 saturated heterocycles. The van der Waals surface area contributed by atoms with Crippen molar-refractivity contribution in [1.82, 2.24) is 9.88 Å². The Hall–Kier alpha value is -1.62. The van der Waals surface area contributed by atoms with Gasteiger partial charge in [-0.05, 0) is 19.1 Å². The molecular formula is C12H18N4O. The van der Waals surface area contributed by atoms with Gasteiger partial charge in [-0.1, -0.05) is 0 Å². The summed E-state index contributed by atoms with van der Waals surface area (Å²) in [5.74, 6) is 0.0411. The molecule has 5 nitrogen and oxygen atoms in total. The minimum Gasteiger partial charge on any atom is -0.368 e. The van der Waals surface area contributed by atoms with E-state index in [9.17, 15) is 4.79 Å². The van der Waals surface area contributed by atoms with Gasteiger partial charge < -0.3 is 15.5 Å². The molecule has 1 amide bonds. The van der Waals surface area contributed by atoms with Crippen LogP contribution >= 0.6 is 0 Å². The summed E-state index contributed by atoms with van der Waals surface area (Å²) in [6.45, 7) is 4.91. The van der Waals surface area contributed by atoms with Gasteiger partial charge in [-0.15, -0.1) is 0 Å². The normalized spacial score (nSPS) is 18.0. The van der Waals surface area contributed by atoms with E-state index in [0.29, 0.717) is 0 Å². The molecule has 2 rings (SSSR count). The maximum atomic E-state index is 11.7. The van der Waals surface area contributed by atoms with E-state index in [0.717, 1.165) is 31.9 Å². The summed E-state index contributed by atoms with van der Waals surface area (Å²) in [5.41, 5.74) is 6.76. The van der Waals surface area contributed by atoms with Crippen LogP contribution in [0, 0.1) is 0 Å². The smallest absolute Gasteiger partial charge is 0.239 e. The summed E-state index contributed by atoms with van der Waals surface area (Å²) in [4.78, 5) is 19.8. The van der Waals surface area contributed by atoms with Crippen LogP contribution in [0.4, 0.5) is 5.69 Å². The Labute approximate surface area is 101 Å². The number of piperazine rings is 1. The van der Waals surface area contributed by atoms with E-state index in [1.807, 2.05) is 17.0 Å². The molecule has 2 heterocycles. The fourth-order valence-electron chi connectivity index (χ4n) is 2.03. The van der Waals surface area contributed by atoms with Gasteiger partial charge in [-0.25, -0.2) is 0 Å². The van der Waals surface area contributed by atoms with Crippen molar-refractivity contribution in [2.75, 3.05) is 31.1 Å². The summed E-state index contributed by atoms with van der Waals surface area (Å²) in [6, 6.07) is 3.58. The van der Waals surface area contributed by atoms with Crippen LogP contribution in [0.3, 0.4) is 0 Å². The number of rotatable bonds is 2. The molecule has 92 valence electrons. The number of nitrogens with zero attached hydrogens (tertiary/aromatic N) is 3. The molecule has 0 bridgehead atoms. The number of anilines is 1. The zero-order valence-electron chi connectivity index (χ0n) is 10.0. The van der Waals surface area contributed by atoms with Crippen molar-refractivity contribution in [2.45, 2.75) is 13.0 Å². The third kappa shape index (κ3) is 2.74. The Morgan fingerprint density at radius 3 is 2.41 bits per heavy atom. The third-order valence-electron chi connectivity index (χ3n) is 3.01. The van der Waals surface area contributed by atoms with Gasteiger partial charge in [-0.3, -0.25) is 9.78 Å². The Morgan fingerprint density at radius 2 is 1.88 bits per heavy atom. The fraction of sp³-hybridized carbons (Fsp3) is 0.500. The second-order valence-electron chi connectivity index (χ2n) is 4.31. The van der Waals surface area contributed by atoms with Gasteiger partial charge in [0, 0.05) is 44.3 Å². The van der Waals surface area contributed by atoms with E-state index in [-0.39, 0.29) is 5.91 Å². The predicted molar refractivity (Wildman–Crippen MR) is 66.7 cm³/mol. The van der Waals surface area contributed by atoms with Gasteiger partial charge in [0.05, 0.1) is 6.04 Å². The number of hydrogen-bond acceptors (Lipinski definition) is 4. The second-order valence-corrected chi connectivity index (χ2v) is 4.31. The van der Waals surface area contributed by atoms with Crippen LogP contribution < -0.4 is 10.6 Å². The average molecular weight is 234 g/mol. The van der Waals surface area contributed by atoms with Crippen LogP contribution in [-0.2, 0) is 4.79 Å². The fourth-order valence-corrected chi connectivity index (χ4v) is 2.03. The van der Waals surface area contributed by atoms with Crippen LogP contribution in [0.5, 0.6) is 0 Å². The van der Waals surface area contributed by atoms with Gasteiger partial charge in [0.25, 0.3) is 0 Å². The van der Waals surface area contributed by atoms with Gasteiger partial charge in [0.1, 0.15) is 0 Å². The van der Waals surface area contributed by atoms with Gasteiger partial charge in [0.2, 0.25) is 5.91 Å². The lowest BCUT2D eigenvalue weighted by Gasteiger charge is -2.36. The Balaban J connectivity index is 1.93. The predicted octanol–water partition coefficient (Wildman–Crippen LogP) is 0.0774. The topological polar surface area (TPSA) is 62.5 Å². The van der Waals surface area contributed by atoms with Gasteiger partial charge >= 0.3 is 0 Å². The zero-order valence-corrected chi connectivity index (χ0v) is 10.0. The van der Waals surface area contributed by atoms with Crippen LogP contribution in [0.2, 0.25) is 0 Å². The lowest BCUT2D eigenvalue weighted by Crippen LogP contribution is -2.52. The maximum Gasteiger partial charge on any atom is 0.239 e. The molecule has 5 heteroatoms. The highest BCUT2D eigenvalue weighted by molar-refractivity contribution is 5.81. The third-order valence-corrected chi connectivity index (χ3v) is 3.01. The first-order valence-electron chi connectivity index (χ1n) is 5.88. The molecule has 0 radical (unpaired) electrons. The van der Waals surface area contributed by atoms with Crippen molar-refractivity contribution in [3.63, 3.8) is 0 Å². The van der Waals surface area contributed by atoms with Crippen LogP contribution in [0.1, 0.15) is 6.92 Å². The van der Waals surface area contributed by atoms with E-state index in [4.69, 9.17) is 5.73 Å². The van der Waals surface area contributed by atoms with E-state index in [2.05, 4.69) is 9.88 Å². The molecule has 17 heavy (non-hydrogen) atoms. The van der Waals surface area contributed by atoms with Crippen LogP contribution in [-0.4, -0.2) is 48.0 Å². The molecule has 0 unspecified atom stereocenters. The molecule has 0 spiro atoms. The molecule has 0 aliphatic carbocycles. The number of carbonyl (C=O) groups is 1. The molecule has 0 saturated carbocycles. The molecule has 1 aromatic rings. The van der Waals surface area contributed by atoms with Crippen molar-refractivity contribution in [1.29, 1.82) is 0 Å². The number of carbonyl (C=O) groups excluding carboxylic acids is 1. The summed E-state index contributed by atoms with van der Waals surface area (Å²) in [6.07, 6.45) is 3.57. The number of hydrogen-bond donors (Lipinski definition) is 1. The average Bonchev–Trinajstić information content (AvgIpc) is 2.39. The molecule has 1 aromatic heterocycles. The first-order chi connectivity index (χ1) is 8.18. The van der Waals surface area contributed by atoms with Gasteiger partial charge in [0.15, 0.2) is 0 Å². The van der Waals surface area contributed by atoms with Crippen molar-refractivity contribution in [2.24, 2.45) is 5.73 Å². The molecule has 1 aliphatic rings. The highest BCUT2D eigenvalue weighted by Gasteiger charge is 2.22. The highest BCUT2D eigenvalue weighted by atomic mass is 16.2. The lowest BCUT2D eigenvalue weighted by atomic mass is 10.2. The molecule has 1 aliphatic heterocycles. The Bertz CT molecular complexity index is 371. The first-order valence-corrected chi connectivity index (χ1v) is 5.88. The SMILES string of the molecule is C[C@H](N)C(=O)N1CCN(c2ccncc2)CC1. The maximum absolute atomic E-state index is 11.7. The van der Waals surface area contributed by atoms with Crippen molar-refractivity contribution in [3.05, 3.63) is 24.5 Å². The summed E-state index contributed by atoms with van der Waals surface area (Å²) < 4.78 is 0. The minimum atomic E-state index is -0.400. The zero-order chi connectivity index (χ0) is 12.3. The lowest BCUT2D eigenvalue weighted by molar-refractivity contribution is -0.132. The number of nitrogens with two attached hydrogens (primary N) is 1. The largest absolute Gasteiger partial charge is 0.368 e. The van der Waals surface area contributed by atoms with E-state index >= 15 is 0 Å². The Kier molecular flexibility index (Phi) is 3.58. The van der Waals surface area contributed by atoms with Crippen molar-refractivity contribution < 1.29 is 4.79 Å². The molecule has 1 fully saturated rings. The molecule has 1 atom stereocenters. The standard InChI is InChI=1S/C12H18N4O/c1-10(13)12(17)16-8-6-15(7-9-16)11-2-4-14-5-3-11/h2-5,10H,6-9,13H2,1H3/t10-/m0/s1. The van der Waals surface area contributed by atoms with E-state index in [1.165, 1.54) is 0 Å². The highest BCUT2D eigenvalue weighted by Crippen LogP contribution is 2.14. The monoisotopic (exact) mass is 234 g/mol. The van der Waals surface area contributed by atoms with E-state index < -0.39 is 6.04 Å². The quantitative estimate of drug-likeness (QED) is 0.787. The summed E-state index contributed by atoms with van der Waals surface area (Å²) in [5, 5.41) is 0. The van der Waals surface area contributed by atoms with Crippen molar-refractivity contribution in [3.8, 4) is 0 Å². The summed E-state index contributed by atoms with van der Waals surface area (Å²) in [7, 11) is 0. The summed E-state index contributed by atoms with van der Waals surface area (Å²) >= 11 is 0. The molecular weight excluding hydrogens is 216 g/mol. The minimum absolute atomic E-state index is 0.0411. The molecule has 0 aromatic carbocycles. The Morgan fingerprint density at radius 1 is 1.29 bits per heavy atom. The number of pyridine rings is 1.